The second-order valence-corrected chi connectivity index (χ2v) is 11.3. The quantitative estimate of drug-likeness (QED) is 0.171. The van der Waals surface area contributed by atoms with Gasteiger partial charge >= 0.3 is 0 Å². The summed E-state index contributed by atoms with van der Waals surface area (Å²) in [5, 5.41) is 30.6. The number of aromatic nitrogens is 4. The van der Waals surface area contributed by atoms with Crippen molar-refractivity contribution < 1.29 is 4.39 Å². The Kier molecular flexibility index (Phi) is 8.13. The number of nitrogens with zero attached hydrogens (tertiary/aromatic N) is 5. The molecule has 0 aliphatic carbocycles. The van der Waals surface area contributed by atoms with Crippen LogP contribution in [0.1, 0.15) is 41.7 Å². The maximum absolute atomic E-state index is 13.8. The van der Waals surface area contributed by atoms with Crippen molar-refractivity contribution in [3.05, 3.63) is 105 Å². The van der Waals surface area contributed by atoms with Crippen molar-refractivity contribution in [2.24, 2.45) is 0 Å². The minimum absolute atomic E-state index is 0.0411. The van der Waals surface area contributed by atoms with Gasteiger partial charge in [-0.15, -0.1) is 5.10 Å². The molecule has 1 fully saturated rings. The van der Waals surface area contributed by atoms with Crippen LogP contribution in [-0.2, 0) is 0 Å². The first-order valence-electron chi connectivity index (χ1n) is 13.3. The minimum Gasteiger partial charge on any atom is -0.373 e. The van der Waals surface area contributed by atoms with Crippen LogP contribution < -0.4 is 16.0 Å². The molecule has 1 aliphatic rings. The van der Waals surface area contributed by atoms with Crippen LogP contribution in [0.25, 0.3) is 10.9 Å². The molecule has 8 nitrogen and oxygen atoms in total. The molecule has 0 amide bonds. The molecule has 1 atom stereocenters. The third-order valence-corrected chi connectivity index (χ3v) is 8.08. The number of nitrogens with one attached hydrogen (secondary N) is 3. The Morgan fingerprint density at radius 3 is 2.50 bits per heavy atom. The molecule has 6 rings (SSSR count). The Balaban J connectivity index is 1.41. The zero-order valence-corrected chi connectivity index (χ0v) is 24.3. The normalized spacial score (nSPS) is 14.5. The number of rotatable bonds is 7. The number of fused-ring (bicyclic) bond motifs is 1. The average molecular weight is 622 g/mol. The SMILES string of the molecule is N#Cc1cnc2c(Cl)cc(N[C@H](c3ccc(Cl)cc3)c3cn(C4CCNCC4)nn3)cc2c1Nc1ccc(F)c(Cl)c1. The molecule has 0 bridgehead atoms. The molecule has 1 aliphatic heterocycles. The molecule has 2 aromatic heterocycles. The van der Waals surface area contributed by atoms with Crippen molar-refractivity contribution in [2.75, 3.05) is 23.7 Å². The molecule has 42 heavy (non-hydrogen) atoms. The summed E-state index contributed by atoms with van der Waals surface area (Å²) in [5.74, 6) is -0.540. The standard InChI is InChI=1S/C30H24Cl3FN8/c31-19-3-1-17(2-4-19)29(27-16-42(41-40-27)22-7-9-36-10-8-22)39-21-11-23-28(38-20-5-6-26(34)24(32)12-20)18(14-35)15-37-30(23)25(33)13-21/h1-6,11-13,15-16,22,29,36,39H,7-10H2,(H,37,38)/t29-/m1/s1. The summed E-state index contributed by atoms with van der Waals surface area (Å²) in [6, 6.07) is 17.5. The zero-order valence-electron chi connectivity index (χ0n) is 22.1. The van der Waals surface area contributed by atoms with Crippen LogP contribution >= 0.6 is 34.8 Å². The van der Waals surface area contributed by atoms with E-state index in [1.807, 2.05) is 41.2 Å². The van der Waals surface area contributed by atoms with Gasteiger partial charge in [0.15, 0.2) is 0 Å². The number of anilines is 3. The highest BCUT2D eigenvalue weighted by Gasteiger charge is 2.23. The van der Waals surface area contributed by atoms with Crippen molar-refractivity contribution in [3.8, 4) is 6.07 Å². The van der Waals surface area contributed by atoms with Crippen LogP contribution in [0.2, 0.25) is 15.1 Å². The van der Waals surface area contributed by atoms with E-state index in [1.165, 1.54) is 18.3 Å². The molecule has 0 spiro atoms. The number of hydrogen-bond acceptors (Lipinski definition) is 7. The number of nitriles is 1. The third-order valence-electron chi connectivity index (χ3n) is 7.26. The van der Waals surface area contributed by atoms with Crippen molar-refractivity contribution in [2.45, 2.75) is 24.9 Å². The summed E-state index contributed by atoms with van der Waals surface area (Å²) >= 11 is 19.0. The molecule has 3 N–H and O–H groups in total. The van der Waals surface area contributed by atoms with Gasteiger partial charge in [0.2, 0.25) is 0 Å². The molecule has 212 valence electrons. The number of hydrogen-bond donors (Lipinski definition) is 3. The van der Waals surface area contributed by atoms with E-state index in [0.29, 0.717) is 38.0 Å². The van der Waals surface area contributed by atoms with E-state index in [4.69, 9.17) is 34.8 Å². The first-order valence-corrected chi connectivity index (χ1v) is 14.4. The first kappa shape index (κ1) is 28.2. The molecule has 0 radical (unpaired) electrons. The molecular formula is C30H24Cl3FN8. The van der Waals surface area contributed by atoms with Crippen molar-refractivity contribution >= 4 is 62.8 Å². The number of pyridine rings is 1. The monoisotopic (exact) mass is 620 g/mol. The molecule has 3 aromatic carbocycles. The van der Waals surface area contributed by atoms with Crippen LogP contribution in [-0.4, -0.2) is 33.1 Å². The van der Waals surface area contributed by atoms with Crippen LogP contribution in [0.5, 0.6) is 0 Å². The fourth-order valence-corrected chi connectivity index (χ4v) is 5.68. The van der Waals surface area contributed by atoms with Crippen LogP contribution in [0.3, 0.4) is 0 Å². The van der Waals surface area contributed by atoms with Gasteiger partial charge in [0.1, 0.15) is 17.6 Å². The molecular weight excluding hydrogens is 598 g/mol. The number of piperidine rings is 1. The summed E-state index contributed by atoms with van der Waals surface area (Å²) in [6.07, 6.45) is 5.38. The Morgan fingerprint density at radius 2 is 1.76 bits per heavy atom. The van der Waals surface area contributed by atoms with Gasteiger partial charge in [-0.2, -0.15) is 5.26 Å². The van der Waals surface area contributed by atoms with E-state index in [1.54, 1.807) is 12.1 Å². The van der Waals surface area contributed by atoms with Crippen molar-refractivity contribution in [1.82, 2.24) is 25.3 Å². The fourth-order valence-electron chi connectivity index (χ4n) is 5.10. The molecule has 0 saturated carbocycles. The molecule has 1 saturated heterocycles. The van der Waals surface area contributed by atoms with Gasteiger partial charge in [-0.1, -0.05) is 52.1 Å². The smallest absolute Gasteiger partial charge is 0.141 e. The van der Waals surface area contributed by atoms with Gasteiger partial charge in [-0.25, -0.2) is 9.07 Å². The van der Waals surface area contributed by atoms with Gasteiger partial charge < -0.3 is 16.0 Å². The first-order chi connectivity index (χ1) is 20.4. The number of halogens is 4. The second kappa shape index (κ2) is 12.1. The Bertz CT molecular complexity index is 1800. The Hall–Kier alpha value is -3.94. The topological polar surface area (TPSA) is 103 Å². The minimum atomic E-state index is -0.540. The predicted molar refractivity (Wildman–Crippen MR) is 164 cm³/mol. The van der Waals surface area contributed by atoms with Crippen molar-refractivity contribution in [1.29, 1.82) is 5.26 Å². The van der Waals surface area contributed by atoms with Gasteiger partial charge in [-0.05, 0) is 74.0 Å². The summed E-state index contributed by atoms with van der Waals surface area (Å²) in [5.41, 5.74) is 4.09. The lowest BCUT2D eigenvalue weighted by Crippen LogP contribution is -2.29. The second-order valence-electron chi connectivity index (χ2n) is 10.0. The lowest BCUT2D eigenvalue weighted by molar-refractivity contribution is 0.337. The van der Waals surface area contributed by atoms with Gasteiger partial charge in [0, 0.05) is 28.0 Å². The predicted octanol–water partition coefficient (Wildman–Crippen LogP) is 7.67. The highest BCUT2D eigenvalue weighted by atomic mass is 35.5. The Labute approximate surface area is 256 Å². The van der Waals surface area contributed by atoms with Crippen LogP contribution in [0.4, 0.5) is 21.5 Å². The maximum atomic E-state index is 13.8. The zero-order chi connectivity index (χ0) is 29.2. The van der Waals surface area contributed by atoms with E-state index in [-0.39, 0.29) is 22.7 Å². The van der Waals surface area contributed by atoms with E-state index in [2.05, 4.69) is 37.3 Å². The molecule has 0 unspecified atom stereocenters. The highest BCUT2D eigenvalue weighted by Crippen LogP contribution is 2.37. The fraction of sp³-hybridized carbons (Fsp3) is 0.200. The molecule has 3 heterocycles. The molecule has 12 heteroatoms. The van der Waals surface area contributed by atoms with E-state index in [9.17, 15) is 9.65 Å². The van der Waals surface area contributed by atoms with E-state index in [0.717, 1.165) is 37.2 Å². The van der Waals surface area contributed by atoms with Crippen LogP contribution in [0, 0.1) is 17.1 Å². The third kappa shape index (κ3) is 5.85. The summed E-state index contributed by atoms with van der Waals surface area (Å²) < 4.78 is 15.7. The van der Waals surface area contributed by atoms with Gasteiger partial charge in [0.25, 0.3) is 0 Å². The summed E-state index contributed by atoms with van der Waals surface area (Å²) in [6.45, 7) is 1.88. The van der Waals surface area contributed by atoms with Gasteiger partial charge in [0.05, 0.1) is 45.1 Å². The van der Waals surface area contributed by atoms with Gasteiger partial charge in [-0.3, -0.25) is 4.98 Å². The lowest BCUT2D eigenvalue weighted by Gasteiger charge is -2.22. The highest BCUT2D eigenvalue weighted by molar-refractivity contribution is 6.36. The molecule has 5 aromatic rings. The summed E-state index contributed by atoms with van der Waals surface area (Å²) in [4.78, 5) is 4.43. The number of benzene rings is 3. The largest absolute Gasteiger partial charge is 0.373 e. The average Bonchev–Trinajstić information content (AvgIpc) is 3.49. The van der Waals surface area contributed by atoms with Crippen molar-refractivity contribution in [3.63, 3.8) is 0 Å². The van der Waals surface area contributed by atoms with Crippen LogP contribution in [0.15, 0.2) is 67.0 Å². The van der Waals surface area contributed by atoms with E-state index >= 15 is 0 Å². The van der Waals surface area contributed by atoms with E-state index < -0.39 is 5.82 Å². The lowest BCUT2D eigenvalue weighted by atomic mass is 10.0. The Morgan fingerprint density at radius 1 is 1.00 bits per heavy atom. The summed E-state index contributed by atoms with van der Waals surface area (Å²) in [7, 11) is 0. The maximum Gasteiger partial charge on any atom is 0.141 e.